The quantitative estimate of drug-likeness (QED) is 0.852. The molecule has 1 aromatic rings. The van der Waals surface area contributed by atoms with Crippen LogP contribution in [0.5, 0.6) is 0 Å². The molecule has 0 saturated carbocycles. The molecule has 0 radical (unpaired) electrons. The number of nitrogen functional groups attached to an aromatic ring is 1. The van der Waals surface area contributed by atoms with Gasteiger partial charge in [0.1, 0.15) is 0 Å². The first-order valence-corrected chi connectivity index (χ1v) is 5.61. The smallest absolute Gasteiger partial charge is 0.186 e. The zero-order valence-corrected chi connectivity index (χ0v) is 9.67. The van der Waals surface area contributed by atoms with Crippen LogP contribution in [-0.2, 0) is 4.79 Å². The Morgan fingerprint density at radius 3 is 2.93 bits per heavy atom. The second-order valence-electron chi connectivity index (χ2n) is 3.12. The Morgan fingerprint density at radius 2 is 2.33 bits per heavy atom. The number of aromatic nitrogens is 1. The molecule has 0 unspecified atom stereocenters. The number of hydrogen-bond donors (Lipinski definition) is 1. The summed E-state index contributed by atoms with van der Waals surface area (Å²) in [5.41, 5.74) is 8.04. The molecule has 3 nitrogen and oxygen atoms in total. The third-order valence-electron chi connectivity index (χ3n) is 1.82. The number of nitrogens with zero attached hydrogens (tertiary/aromatic N) is 1. The second kappa shape index (κ2) is 5.56. The number of carbonyl (C=O) groups is 1. The highest BCUT2D eigenvalue weighted by molar-refractivity contribution is 8.13. The highest BCUT2D eigenvalue weighted by Crippen LogP contribution is 2.10. The zero-order chi connectivity index (χ0) is 11.3. The summed E-state index contributed by atoms with van der Waals surface area (Å²) in [7, 11) is 0. The van der Waals surface area contributed by atoms with Gasteiger partial charge in [0, 0.05) is 12.7 Å². The van der Waals surface area contributed by atoms with E-state index in [0.717, 1.165) is 11.4 Å². The summed E-state index contributed by atoms with van der Waals surface area (Å²) in [6.07, 6.45) is 3.81. The topological polar surface area (TPSA) is 56.0 Å². The second-order valence-corrected chi connectivity index (χ2v) is 4.31. The van der Waals surface area contributed by atoms with Crippen molar-refractivity contribution in [2.75, 3.05) is 11.5 Å². The van der Waals surface area contributed by atoms with Gasteiger partial charge in [0.05, 0.1) is 17.1 Å². The van der Waals surface area contributed by atoms with E-state index < -0.39 is 0 Å². The molecule has 0 spiro atoms. The molecule has 1 aromatic heterocycles. The van der Waals surface area contributed by atoms with Gasteiger partial charge in [-0.1, -0.05) is 17.8 Å². The van der Waals surface area contributed by atoms with Crippen LogP contribution < -0.4 is 5.73 Å². The Bertz CT molecular complexity index is 388. The molecule has 0 aliphatic carbocycles. The van der Waals surface area contributed by atoms with Gasteiger partial charge in [-0.15, -0.1) is 0 Å². The molecule has 15 heavy (non-hydrogen) atoms. The van der Waals surface area contributed by atoms with Crippen LogP contribution in [0.2, 0.25) is 0 Å². The number of aryl methyl sites for hydroxylation is 1. The Labute approximate surface area is 93.8 Å². The van der Waals surface area contributed by atoms with Crippen molar-refractivity contribution in [3.05, 3.63) is 29.6 Å². The first kappa shape index (κ1) is 11.8. The van der Waals surface area contributed by atoms with Gasteiger partial charge in [-0.3, -0.25) is 9.78 Å². The SMILES string of the molecule is CC(=O)SCC=Cc1ccc(N)c(C)n1. The van der Waals surface area contributed by atoms with Crippen LogP contribution in [0.15, 0.2) is 18.2 Å². The van der Waals surface area contributed by atoms with Crippen LogP contribution in [0.3, 0.4) is 0 Å². The van der Waals surface area contributed by atoms with Crippen molar-refractivity contribution in [1.29, 1.82) is 0 Å². The molecule has 1 heterocycles. The van der Waals surface area contributed by atoms with Crippen molar-refractivity contribution in [3.63, 3.8) is 0 Å². The minimum absolute atomic E-state index is 0.126. The predicted octanol–water partition coefficient (Wildman–Crippen LogP) is 2.27. The van der Waals surface area contributed by atoms with E-state index in [1.54, 1.807) is 6.92 Å². The first-order valence-electron chi connectivity index (χ1n) is 4.62. The number of rotatable bonds is 3. The Morgan fingerprint density at radius 1 is 1.60 bits per heavy atom. The molecule has 0 aliphatic heterocycles. The molecule has 2 N–H and O–H groups in total. The van der Waals surface area contributed by atoms with Gasteiger partial charge >= 0.3 is 0 Å². The summed E-state index contributed by atoms with van der Waals surface area (Å²) in [5, 5.41) is 0.126. The highest BCUT2D eigenvalue weighted by atomic mass is 32.2. The van der Waals surface area contributed by atoms with E-state index in [-0.39, 0.29) is 5.12 Å². The van der Waals surface area contributed by atoms with Crippen LogP contribution in [0.4, 0.5) is 5.69 Å². The van der Waals surface area contributed by atoms with E-state index in [1.165, 1.54) is 11.8 Å². The monoisotopic (exact) mass is 222 g/mol. The van der Waals surface area contributed by atoms with Gasteiger partial charge in [0.25, 0.3) is 0 Å². The van der Waals surface area contributed by atoms with Crippen molar-refractivity contribution in [2.24, 2.45) is 0 Å². The summed E-state index contributed by atoms with van der Waals surface area (Å²) in [6.45, 7) is 3.43. The van der Waals surface area contributed by atoms with Crippen LogP contribution in [-0.4, -0.2) is 15.9 Å². The average molecular weight is 222 g/mol. The van der Waals surface area contributed by atoms with Crippen molar-refractivity contribution in [3.8, 4) is 0 Å². The lowest BCUT2D eigenvalue weighted by molar-refractivity contribution is -0.109. The highest BCUT2D eigenvalue weighted by Gasteiger charge is 1.95. The fourth-order valence-electron chi connectivity index (χ4n) is 1.02. The van der Waals surface area contributed by atoms with E-state index in [2.05, 4.69) is 4.98 Å². The van der Waals surface area contributed by atoms with Crippen LogP contribution in [0, 0.1) is 6.92 Å². The Kier molecular flexibility index (Phi) is 4.37. The molecule has 0 aromatic carbocycles. The standard InChI is InChI=1S/C11H14N2OS/c1-8-11(12)6-5-10(13-8)4-3-7-15-9(2)14/h3-6H,7,12H2,1-2H3. The molecule has 80 valence electrons. The average Bonchev–Trinajstić information content (AvgIpc) is 2.18. The number of anilines is 1. The fourth-order valence-corrected chi connectivity index (χ4v) is 1.45. The minimum Gasteiger partial charge on any atom is -0.397 e. The Hall–Kier alpha value is -1.29. The van der Waals surface area contributed by atoms with E-state index in [4.69, 9.17) is 5.73 Å². The van der Waals surface area contributed by atoms with E-state index in [9.17, 15) is 4.79 Å². The van der Waals surface area contributed by atoms with Crippen LogP contribution >= 0.6 is 11.8 Å². The van der Waals surface area contributed by atoms with Crippen LogP contribution in [0.1, 0.15) is 18.3 Å². The molecule has 0 saturated heterocycles. The summed E-state index contributed by atoms with van der Waals surface area (Å²) in [6, 6.07) is 3.69. The van der Waals surface area contributed by atoms with Gasteiger partial charge in [-0.2, -0.15) is 0 Å². The molecular weight excluding hydrogens is 208 g/mol. The zero-order valence-electron chi connectivity index (χ0n) is 8.86. The van der Waals surface area contributed by atoms with Crippen molar-refractivity contribution < 1.29 is 4.79 Å². The number of carbonyl (C=O) groups excluding carboxylic acids is 1. The molecule has 0 fully saturated rings. The van der Waals surface area contributed by atoms with Crippen molar-refractivity contribution >= 4 is 28.6 Å². The maximum Gasteiger partial charge on any atom is 0.186 e. The van der Waals surface area contributed by atoms with E-state index in [0.29, 0.717) is 11.4 Å². The number of hydrogen-bond acceptors (Lipinski definition) is 4. The van der Waals surface area contributed by atoms with Crippen molar-refractivity contribution in [2.45, 2.75) is 13.8 Å². The van der Waals surface area contributed by atoms with E-state index in [1.807, 2.05) is 31.2 Å². The van der Waals surface area contributed by atoms with Gasteiger partial charge in [-0.05, 0) is 25.1 Å². The predicted molar refractivity (Wildman–Crippen MR) is 65.6 cm³/mol. The van der Waals surface area contributed by atoms with Gasteiger partial charge in [0.15, 0.2) is 5.12 Å². The lowest BCUT2D eigenvalue weighted by Crippen LogP contribution is -1.93. The summed E-state index contributed by atoms with van der Waals surface area (Å²) >= 11 is 1.28. The normalized spacial score (nSPS) is 10.8. The third-order valence-corrected chi connectivity index (χ3v) is 2.59. The van der Waals surface area contributed by atoms with Crippen molar-refractivity contribution in [1.82, 2.24) is 4.98 Å². The van der Waals surface area contributed by atoms with Gasteiger partial charge in [-0.25, -0.2) is 0 Å². The summed E-state index contributed by atoms with van der Waals surface area (Å²) < 4.78 is 0. The maximum absolute atomic E-state index is 10.7. The number of thioether (sulfide) groups is 1. The minimum atomic E-state index is 0.126. The lowest BCUT2D eigenvalue weighted by Gasteiger charge is -1.99. The molecule has 0 aliphatic rings. The number of nitrogens with two attached hydrogens (primary N) is 1. The lowest BCUT2D eigenvalue weighted by atomic mass is 10.2. The first-order chi connectivity index (χ1) is 7.09. The Balaban J connectivity index is 2.57. The molecule has 1 rings (SSSR count). The van der Waals surface area contributed by atoms with E-state index >= 15 is 0 Å². The number of pyridine rings is 1. The van der Waals surface area contributed by atoms with Gasteiger partial charge < -0.3 is 5.73 Å². The molecule has 4 heteroatoms. The molecule has 0 amide bonds. The fraction of sp³-hybridized carbons (Fsp3) is 0.273. The summed E-state index contributed by atoms with van der Waals surface area (Å²) in [4.78, 5) is 14.9. The van der Waals surface area contributed by atoms with Gasteiger partial charge in [0.2, 0.25) is 0 Å². The third kappa shape index (κ3) is 4.16. The molecular formula is C11H14N2OS. The molecule has 0 atom stereocenters. The molecule has 0 bridgehead atoms. The summed E-state index contributed by atoms with van der Waals surface area (Å²) in [5.74, 6) is 0.681. The maximum atomic E-state index is 10.7. The largest absolute Gasteiger partial charge is 0.397 e. The van der Waals surface area contributed by atoms with Crippen LogP contribution in [0.25, 0.3) is 6.08 Å².